The topological polar surface area (TPSA) is 32.3 Å². The zero-order valence-corrected chi connectivity index (χ0v) is 6.68. The van der Waals surface area contributed by atoms with Crippen LogP contribution in [-0.4, -0.2) is 30.6 Å². The predicted molar refractivity (Wildman–Crippen MR) is 42.3 cm³/mol. The van der Waals surface area contributed by atoms with Gasteiger partial charge in [-0.1, -0.05) is 0 Å². The summed E-state index contributed by atoms with van der Waals surface area (Å²) in [7, 11) is 0. The zero-order valence-electron chi connectivity index (χ0n) is 6.68. The van der Waals surface area contributed by atoms with Crippen LogP contribution in [0, 0.1) is 5.92 Å². The summed E-state index contributed by atoms with van der Waals surface area (Å²) in [5.74, 6) is 0.792. The first kappa shape index (κ1) is 6.95. The van der Waals surface area contributed by atoms with Gasteiger partial charge in [0.1, 0.15) is 0 Å². The van der Waals surface area contributed by atoms with Crippen molar-refractivity contribution in [3.8, 4) is 0 Å². The third-order valence-electron chi connectivity index (χ3n) is 2.38. The molecule has 2 rings (SSSR count). The van der Waals surface area contributed by atoms with Gasteiger partial charge in [-0.2, -0.15) is 0 Å². The Kier molecular flexibility index (Phi) is 1.72. The minimum Gasteiger partial charge on any atom is -0.338 e. The van der Waals surface area contributed by atoms with Gasteiger partial charge in [0.25, 0.3) is 0 Å². The highest BCUT2D eigenvalue weighted by Gasteiger charge is 2.24. The maximum Gasteiger partial charge on any atom is 0.317 e. The standard InChI is InChI=1S/C8H14N2O/c11-8(10-4-1-5-10)9-6-7-2-3-7/h7H,1-6H2,(H,9,11). The normalized spacial score (nSPS) is 22.7. The van der Waals surface area contributed by atoms with Gasteiger partial charge in [-0.25, -0.2) is 4.79 Å². The van der Waals surface area contributed by atoms with Gasteiger partial charge in [0.15, 0.2) is 0 Å². The van der Waals surface area contributed by atoms with Crippen LogP contribution in [0.5, 0.6) is 0 Å². The van der Waals surface area contributed by atoms with Crippen molar-refractivity contribution in [2.75, 3.05) is 19.6 Å². The second-order valence-corrected chi connectivity index (χ2v) is 3.47. The number of hydrogen-bond donors (Lipinski definition) is 1. The van der Waals surface area contributed by atoms with Crippen LogP contribution in [0.3, 0.4) is 0 Å². The van der Waals surface area contributed by atoms with Crippen LogP contribution < -0.4 is 5.32 Å². The molecule has 0 aromatic rings. The first-order valence-corrected chi connectivity index (χ1v) is 4.39. The number of carbonyl (C=O) groups is 1. The van der Waals surface area contributed by atoms with E-state index in [1.807, 2.05) is 4.90 Å². The van der Waals surface area contributed by atoms with Gasteiger partial charge in [0, 0.05) is 19.6 Å². The van der Waals surface area contributed by atoms with Crippen LogP contribution in [0.4, 0.5) is 4.79 Å². The van der Waals surface area contributed by atoms with Crippen LogP contribution in [0.1, 0.15) is 19.3 Å². The Bertz CT molecular complexity index is 161. The van der Waals surface area contributed by atoms with Crippen molar-refractivity contribution < 1.29 is 4.79 Å². The third kappa shape index (κ3) is 1.64. The highest BCUT2D eigenvalue weighted by molar-refractivity contribution is 5.74. The van der Waals surface area contributed by atoms with E-state index in [9.17, 15) is 4.79 Å². The Labute approximate surface area is 66.8 Å². The molecule has 1 aliphatic heterocycles. The van der Waals surface area contributed by atoms with Gasteiger partial charge in [-0.05, 0) is 25.2 Å². The summed E-state index contributed by atoms with van der Waals surface area (Å²) < 4.78 is 0. The summed E-state index contributed by atoms with van der Waals surface area (Å²) >= 11 is 0. The van der Waals surface area contributed by atoms with Gasteiger partial charge in [0.2, 0.25) is 0 Å². The molecule has 0 bridgehead atoms. The molecule has 1 heterocycles. The van der Waals surface area contributed by atoms with Gasteiger partial charge >= 0.3 is 6.03 Å². The van der Waals surface area contributed by atoms with E-state index in [0.29, 0.717) is 0 Å². The SMILES string of the molecule is O=C(NCC1CC1)N1CCC1. The predicted octanol–water partition coefficient (Wildman–Crippen LogP) is 0.812. The molecule has 11 heavy (non-hydrogen) atoms. The van der Waals surface area contributed by atoms with E-state index in [4.69, 9.17) is 0 Å². The maximum atomic E-state index is 11.2. The Balaban J connectivity index is 1.63. The Morgan fingerprint density at radius 1 is 1.45 bits per heavy atom. The highest BCUT2D eigenvalue weighted by Crippen LogP contribution is 2.27. The third-order valence-corrected chi connectivity index (χ3v) is 2.38. The molecule has 0 unspecified atom stereocenters. The number of likely N-dealkylation sites (tertiary alicyclic amines) is 1. The van der Waals surface area contributed by atoms with E-state index in [-0.39, 0.29) is 6.03 Å². The van der Waals surface area contributed by atoms with Crippen molar-refractivity contribution in [1.82, 2.24) is 10.2 Å². The van der Waals surface area contributed by atoms with Crippen molar-refractivity contribution in [1.29, 1.82) is 0 Å². The van der Waals surface area contributed by atoms with Crippen LogP contribution >= 0.6 is 0 Å². The smallest absolute Gasteiger partial charge is 0.317 e. The van der Waals surface area contributed by atoms with E-state index in [1.54, 1.807) is 0 Å². The molecule has 1 saturated heterocycles. The van der Waals surface area contributed by atoms with Crippen molar-refractivity contribution in [3.05, 3.63) is 0 Å². The van der Waals surface area contributed by atoms with Crippen LogP contribution in [0.25, 0.3) is 0 Å². The number of nitrogens with one attached hydrogen (secondary N) is 1. The fourth-order valence-corrected chi connectivity index (χ4v) is 1.18. The molecule has 0 spiro atoms. The van der Waals surface area contributed by atoms with E-state index in [2.05, 4.69) is 5.32 Å². The maximum absolute atomic E-state index is 11.2. The molecular weight excluding hydrogens is 140 g/mol. The number of urea groups is 1. The van der Waals surface area contributed by atoms with Crippen molar-refractivity contribution in [2.45, 2.75) is 19.3 Å². The molecule has 0 aromatic carbocycles. The van der Waals surface area contributed by atoms with E-state index < -0.39 is 0 Å². The van der Waals surface area contributed by atoms with Crippen molar-refractivity contribution in [2.24, 2.45) is 5.92 Å². The molecule has 2 amide bonds. The lowest BCUT2D eigenvalue weighted by Crippen LogP contribution is -2.48. The van der Waals surface area contributed by atoms with Crippen LogP contribution in [0.2, 0.25) is 0 Å². The van der Waals surface area contributed by atoms with Crippen LogP contribution in [0.15, 0.2) is 0 Å². The molecule has 0 atom stereocenters. The van der Waals surface area contributed by atoms with E-state index in [1.165, 1.54) is 19.3 Å². The molecule has 0 aromatic heterocycles. The lowest BCUT2D eigenvalue weighted by Gasteiger charge is -2.30. The lowest BCUT2D eigenvalue weighted by molar-refractivity contribution is 0.167. The van der Waals surface area contributed by atoms with Gasteiger partial charge in [-0.3, -0.25) is 0 Å². The Hall–Kier alpha value is -0.730. The molecule has 2 fully saturated rings. The number of rotatable bonds is 2. The summed E-state index contributed by atoms with van der Waals surface area (Å²) in [6.07, 6.45) is 3.79. The fraction of sp³-hybridized carbons (Fsp3) is 0.875. The lowest BCUT2D eigenvalue weighted by atomic mass is 10.2. The molecule has 1 N–H and O–H groups in total. The van der Waals surface area contributed by atoms with Gasteiger partial charge in [0.05, 0.1) is 0 Å². The zero-order chi connectivity index (χ0) is 7.68. The van der Waals surface area contributed by atoms with E-state index >= 15 is 0 Å². The second kappa shape index (κ2) is 2.72. The first-order chi connectivity index (χ1) is 5.36. The monoisotopic (exact) mass is 154 g/mol. The summed E-state index contributed by atoms with van der Waals surface area (Å²) in [6.45, 7) is 2.81. The molecule has 2 aliphatic rings. The molecule has 3 heteroatoms. The number of nitrogens with zero attached hydrogens (tertiary/aromatic N) is 1. The summed E-state index contributed by atoms with van der Waals surface area (Å²) in [5.41, 5.74) is 0. The average molecular weight is 154 g/mol. The summed E-state index contributed by atoms with van der Waals surface area (Å²) in [4.78, 5) is 13.0. The molecule has 62 valence electrons. The minimum absolute atomic E-state index is 0.142. The number of hydrogen-bond acceptors (Lipinski definition) is 1. The number of amides is 2. The second-order valence-electron chi connectivity index (χ2n) is 3.47. The van der Waals surface area contributed by atoms with Gasteiger partial charge < -0.3 is 10.2 Å². The Morgan fingerprint density at radius 3 is 2.64 bits per heavy atom. The largest absolute Gasteiger partial charge is 0.338 e. The average Bonchev–Trinajstić information content (AvgIpc) is 2.61. The molecule has 3 nitrogen and oxygen atoms in total. The fourth-order valence-electron chi connectivity index (χ4n) is 1.18. The molecular formula is C8H14N2O. The Morgan fingerprint density at radius 2 is 2.18 bits per heavy atom. The van der Waals surface area contributed by atoms with Crippen molar-refractivity contribution in [3.63, 3.8) is 0 Å². The van der Waals surface area contributed by atoms with E-state index in [0.717, 1.165) is 25.6 Å². The van der Waals surface area contributed by atoms with Crippen LogP contribution in [-0.2, 0) is 0 Å². The minimum atomic E-state index is 0.142. The molecule has 1 aliphatic carbocycles. The quantitative estimate of drug-likeness (QED) is 0.627. The first-order valence-electron chi connectivity index (χ1n) is 4.39. The summed E-state index contributed by atoms with van der Waals surface area (Å²) in [6, 6.07) is 0.142. The summed E-state index contributed by atoms with van der Waals surface area (Å²) in [5, 5.41) is 2.93. The van der Waals surface area contributed by atoms with Gasteiger partial charge in [-0.15, -0.1) is 0 Å². The number of carbonyl (C=O) groups excluding carboxylic acids is 1. The molecule has 0 radical (unpaired) electrons. The highest BCUT2D eigenvalue weighted by atomic mass is 16.2. The van der Waals surface area contributed by atoms with Crippen molar-refractivity contribution >= 4 is 6.03 Å². The molecule has 1 saturated carbocycles.